The van der Waals surface area contributed by atoms with E-state index < -0.39 is 7.59 Å². The van der Waals surface area contributed by atoms with E-state index in [1.807, 2.05) is 0 Å². The van der Waals surface area contributed by atoms with E-state index in [-0.39, 0.29) is 6.61 Å². The second-order valence-electron chi connectivity index (χ2n) is 1.22. The molecule has 0 spiro atoms. The van der Waals surface area contributed by atoms with Crippen LogP contribution in [0.1, 0.15) is 6.92 Å². The van der Waals surface area contributed by atoms with Crippen LogP contribution in [0.2, 0.25) is 0 Å². The highest BCUT2D eigenvalue weighted by Gasteiger charge is 2.14. The highest BCUT2D eigenvalue weighted by Crippen LogP contribution is 2.50. The van der Waals surface area contributed by atoms with Gasteiger partial charge in [-0.25, -0.2) is 4.74 Å². The summed E-state index contributed by atoms with van der Waals surface area (Å²) in [5, 5.41) is 8.12. The molecule has 0 amide bonds. The Labute approximate surface area is 53.7 Å². The van der Waals surface area contributed by atoms with Gasteiger partial charge in [-0.3, -0.25) is 0 Å². The lowest BCUT2D eigenvalue weighted by Crippen LogP contribution is -1.80. The fourth-order valence-corrected chi connectivity index (χ4v) is 0.907. The first-order valence-electron chi connectivity index (χ1n) is 2.44. The molecule has 9 heavy (non-hydrogen) atoms. The van der Waals surface area contributed by atoms with Gasteiger partial charge in [0.05, 0.1) is 6.61 Å². The lowest BCUT2D eigenvalue weighted by Gasteiger charge is -2.01. The average molecular weight is 150 g/mol. The van der Waals surface area contributed by atoms with Crippen molar-refractivity contribution in [3.8, 4) is 5.81 Å². The summed E-state index contributed by atoms with van der Waals surface area (Å²) in [6.07, 6.45) is 0. The third-order valence-electron chi connectivity index (χ3n) is 0.681. The number of hydrogen-bond acceptors (Lipinski definition) is 3. The van der Waals surface area contributed by atoms with E-state index in [0.29, 0.717) is 0 Å². The van der Waals surface area contributed by atoms with Crippen LogP contribution in [0.3, 0.4) is 0 Å². The molecule has 0 bridgehead atoms. The molecular formula is C4H8FN2OP. The summed E-state index contributed by atoms with van der Waals surface area (Å²) in [7, 11) is -2.26. The van der Waals surface area contributed by atoms with Gasteiger partial charge in [-0.05, 0) is 6.92 Å². The van der Waals surface area contributed by atoms with E-state index in [1.165, 1.54) is 12.9 Å². The lowest BCUT2D eigenvalue weighted by molar-refractivity contribution is 0.354. The van der Waals surface area contributed by atoms with Gasteiger partial charge in [0.15, 0.2) is 5.81 Å². The fourth-order valence-electron chi connectivity index (χ4n) is 0.302. The molecule has 0 aliphatic heterocycles. The monoisotopic (exact) mass is 150 g/mol. The zero-order valence-electron chi connectivity index (χ0n) is 5.33. The van der Waals surface area contributed by atoms with Crippen LogP contribution in [0.5, 0.6) is 0 Å². The van der Waals surface area contributed by atoms with Crippen molar-refractivity contribution < 1.29 is 8.72 Å². The van der Waals surface area contributed by atoms with E-state index in [2.05, 4.69) is 9.27 Å². The Balaban J connectivity index is 4.17. The third-order valence-corrected chi connectivity index (χ3v) is 2.04. The van der Waals surface area contributed by atoms with E-state index in [1.54, 1.807) is 6.92 Å². The van der Waals surface area contributed by atoms with Crippen molar-refractivity contribution in [3.05, 3.63) is 0 Å². The molecule has 0 aliphatic rings. The highest BCUT2D eigenvalue weighted by molar-refractivity contribution is 7.61. The Bertz CT molecular complexity index is 174. The van der Waals surface area contributed by atoms with Gasteiger partial charge >= 0.3 is 7.59 Å². The maximum Gasteiger partial charge on any atom is 0.354 e. The highest BCUT2D eigenvalue weighted by atomic mass is 31.2. The van der Waals surface area contributed by atoms with Gasteiger partial charge in [-0.15, -0.1) is 0 Å². The fraction of sp³-hybridized carbons (Fsp3) is 0.750. The van der Waals surface area contributed by atoms with E-state index >= 15 is 0 Å². The Morgan fingerprint density at radius 1 is 1.89 bits per heavy atom. The molecule has 0 aliphatic carbocycles. The van der Waals surface area contributed by atoms with Gasteiger partial charge in [0, 0.05) is 7.05 Å². The first kappa shape index (κ1) is 8.61. The Kier molecular flexibility index (Phi) is 3.44. The van der Waals surface area contributed by atoms with Gasteiger partial charge in [0.2, 0.25) is 0 Å². The molecule has 1 atom stereocenters. The van der Waals surface area contributed by atoms with E-state index in [0.717, 1.165) is 0 Å². The average Bonchev–Trinajstić information content (AvgIpc) is 1.89. The predicted molar refractivity (Wildman–Crippen MR) is 33.6 cm³/mol. The Hall–Kier alpha value is -0.390. The first-order valence-corrected chi connectivity index (χ1v) is 3.99. The number of hydrogen-bond donors (Lipinski definition) is 0. The van der Waals surface area contributed by atoms with Crippen LogP contribution in [0.4, 0.5) is 4.20 Å². The summed E-state index contributed by atoms with van der Waals surface area (Å²) in [5.74, 6) is 1.38. The molecule has 0 radical (unpaired) electrons. The van der Waals surface area contributed by atoms with Gasteiger partial charge in [-0.2, -0.15) is 9.46 Å². The maximum absolute atomic E-state index is 12.6. The largest absolute Gasteiger partial charge is 0.354 e. The molecule has 0 N–H and O–H groups in total. The molecule has 0 aromatic carbocycles. The molecule has 0 rings (SSSR count). The molecule has 0 aromatic heterocycles. The van der Waals surface area contributed by atoms with Crippen molar-refractivity contribution >= 4 is 7.59 Å². The van der Waals surface area contributed by atoms with Gasteiger partial charge in [-0.1, -0.05) is 0 Å². The number of nitrogens with zero attached hydrogens (tertiary/aromatic N) is 2. The maximum atomic E-state index is 12.6. The molecule has 1 unspecified atom stereocenters. The van der Waals surface area contributed by atoms with Crippen LogP contribution in [0.15, 0.2) is 4.74 Å². The van der Waals surface area contributed by atoms with Gasteiger partial charge < -0.3 is 4.52 Å². The van der Waals surface area contributed by atoms with Crippen LogP contribution in [0, 0.1) is 11.1 Å². The van der Waals surface area contributed by atoms with E-state index in [9.17, 15) is 4.20 Å². The minimum absolute atomic E-state index is 0.190. The van der Waals surface area contributed by atoms with Crippen LogP contribution in [0.25, 0.3) is 0 Å². The number of rotatable bonds is 2. The number of nitriles is 1. The second-order valence-corrected chi connectivity index (χ2v) is 3.08. The minimum atomic E-state index is -3.50. The van der Waals surface area contributed by atoms with Gasteiger partial charge in [0.1, 0.15) is 0 Å². The summed E-state index contributed by atoms with van der Waals surface area (Å²) < 4.78 is 20.2. The van der Waals surface area contributed by atoms with Crippen molar-refractivity contribution in [1.29, 1.82) is 5.26 Å². The van der Waals surface area contributed by atoms with E-state index in [4.69, 9.17) is 5.26 Å². The lowest BCUT2D eigenvalue weighted by atomic mass is 10.9. The summed E-state index contributed by atoms with van der Waals surface area (Å²) in [4.78, 5) is 0. The second kappa shape index (κ2) is 3.60. The summed E-state index contributed by atoms with van der Waals surface area (Å²) in [6.45, 7) is 1.81. The minimum Gasteiger partial charge on any atom is -0.310 e. The first-order chi connectivity index (χ1) is 4.18. The smallest absolute Gasteiger partial charge is 0.310 e. The summed E-state index contributed by atoms with van der Waals surface area (Å²) in [5.41, 5.74) is 0. The predicted octanol–water partition coefficient (Wildman–Crippen LogP) is 2.13. The molecule has 0 aromatic rings. The standard InChI is InChI=1S/C4H8FN2OP/c1-3-8-9(5,4-6)7-2/h3H2,1-2H3. The zero-order valence-corrected chi connectivity index (χ0v) is 6.23. The Morgan fingerprint density at radius 3 is 2.56 bits per heavy atom. The summed E-state index contributed by atoms with van der Waals surface area (Å²) in [6, 6.07) is 0. The molecule has 3 nitrogen and oxygen atoms in total. The van der Waals surface area contributed by atoms with Crippen molar-refractivity contribution in [2.75, 3.05) is 13.7 Å². The van der Waals surface area contributed by atoms with Crippen LogP contribution < -0.4 is 0 Å². The van der Waals surface area contributed by atoms with Crippen molar-refractivity contribution in [3.63, 3.8) is 0 Å². The van der Waals surface area contributed by atoms with Crippen molar-refractivity contribution in [2.24, 2.45) is 4.74 Å². The SMILES string of the molecule is CCOP(F)(C#N)=NC. The third kappa shape index (κ3) is 2.59. The van der Waals surface area contributed by atoms with Crippen LogP contribution in [-0.4, -0.2) is 13.7 Å². The molecular weight excluding hydrogens is 142 g/mol. The van der Waals surface area contributed by atoms with Crippen LogP contribution >= 0.6 is 7.59 Å². The van der Waals surface area contributed by atoms with Gasteiger partial charge in [0.25, 0.3) is 0 Å². The number of halogens is 1. The summed E-state index contributed by atoms with van der Waals surface area (Å²) >= 11 is 0. The molecule has 5 heteroatoms. The zero-order chi connectivity index (χ0) is 7.33. The Morgan fingerprint density at radius 2 is 2.44 bits per heavy atom. The topological polar surface area (TPSA) is 45.4 Å². The quantitative estimate of drug-likeness (QED) is 0.566. The normalized spacial score (nSPS) is 15.8. The van der Waals surface area contributed by atoms with Crippen LogP contribution in [-0.2, 0) is 4.52 Å². The van der Waals surface area contributed by atoms with Crippen molar-refractivity contribution in [1.82, 2.24) is 0 Å². The molecule has 0 saturated carbocycles. The molecule has 0 heterocycles. The molecule has 0 fully saturated rings. The van der Waals surface area contributed by atoms with Crippen molar-refractivity contribution in [2.45, 2.75) is 6.92 Å². The molecule has 52 valence electrons. The molecule has 0 saturated heterocycles.